The number of nitrogens with zero attached hydrogens (tertiary/aromatic N) is 1. The topological polar surface area (TPSA) is 97.8 Å². The molecule has 1 aromatic heterocycles. The molecule has 34 heavy (non-hydrogen) atoms. The van der Waals surface area contributed by atoms with Gasteiger partial charge in [-0.1, -0.05) is 18.2 Å². The number of hydrogen-bond donors (Lipinski definition) is 2. The summed E-state index contributed by atoms with van der Waals surface area (Å²) in [5, 5.41) is 11.8. The lowest BCUT2D eigenvalue weighted by molar-refractivity contribution is -0.286. The van der Waals surface area contributed by atoms with Crippen LogP contribution in [0.3, 0.4) is 0 Å². The summed E-state index contributed by atoms with van der Waals surface area (Å²) >= 11 is 0. The van der Waals surface area contributed by atoms with Crippen LogP contribution in [0.15, 0.2) is 48.5 Å². The third-order valence-electron chi connectivity index (χ3n) is 5.95. The molecule has 2 heterocycles. The highest BCUT2D eigenvalue weighted by molar-refractivity contribution is 6.01. The van der Waals surface area contributed by atoms with Crippen LogP contribution < -0.4 is 14.8 Å². The summed E-state index contributed by atoms with van der Waals surface area (Å²) in [6.45, 7) is 1.75. The van der Waals surface area contributed by atoms with Gasteiger partial charge in [0.2, 0.25) is 5.91 Å². The third kappa shape index (κ3) is 3.70. The maximum absolute atomic E-state index is 14.2. The van der Waals surface area contributed by atoms with Crippen LogP contribution >= 0.6 is 0 Å². The minimum absolute atomic E-state index is 0. The second kappa shape index (κ2) is 7.47. The second-order valence-corrected chi connectivity index (χ2v) is 8.23. The van der Waals surface area contributed by atoms with Gasteiger partial charge < -0.3 is 19.9 Å². The van der Waals surface area contributed by atoms with E-state index in [1.807, 2.05) is 0 Å². The molecule has 1 fully saturated rings. The number of alkyl halides is 2. The normalized spacial score (nSPS) is 16.7. The maximum atomic E-state index is 14.2. The Kier molecular flexibility index (Phi) is 4.78. The van der Waals surface area contributed by atoms with Crippen molar-refractivity contribution in [1.82, 2.24) is 4.98 Å². The number of carbonyl (C=O) groups is 2. The first-order valence-corrected chi connectivity index (χ1v) is 10.3. The highest BCUT2D eigenvalue weighted by atomic mass is 19.3. The lowest BCUT2D eigenvalue weighted by Gasteiger charge is -2.17. The summed E-state index contributed by atoms with van der Waals surface area (Å²) < 4.78 is 49.8. The number of ether oxygens (including phenoxy) is 2. The predicted octanol–water partition coefficient (Wildman–Crippen LogP) is 5.38. The van der Waals surface area contributed by atoms with Gasteiger partial charge in [-0.3, -0.25) is 4.79 Å². The number of aryl methyl sites for hydroxylation is 1. The SMILES string of the molecule is Cc1ccc(NC(=O)C2(c3ccc4c(c3)OC(F)(F)O4)CC2)nc1-c1ccc(C(=O)O)c(F)c1.[HH].[HH]. The molecule has 5 rings (SSSR count). The Morgan fingerprint density at radius 3 is 2.47 bits per heavy atom. The number of aromatic nitrogens is 1. The molecule has 2 aliphatic rings. The molecule has 0 spiro atoms. The van der Waals surface area contributed by atoms with Crippen molar-refractivity contribution in [3.05, 3.63) is 71.0 Å². The second-order valence-electron chi connectivity index (χ2n) is 8.23. The van der Waals surface area contributed by atoms with Crippen LogP contribution in [0.5, 0.6) is 11.5 Å². The Bertz CT molecular complexity index is 1370. The van der Waals surface area contributed by atoms with E-state index >= 15 is 0 Å². The fourth-order valence-electron chi connectivity index (χ4n) is 3.98. The number of carboxylic acids is 1. The molecule has 0 bridgehead atoms. The summed E-state index contributed by atoms with van der Waals surface area (Å²) in [7, 11) is 0. The number of halogens is 3. The van der Waals surface area contributed by atoms with Crippen molar-refractivity contribution in [2.24, 2.45) is 0 Å². The van der Waals surface area contributed by atoms with Crippen LogP contribution in [0.2, 0.25) is 0 Å². The number of nitrogens with one attached hydrogen (secondary N) is 1. The van der Waals surface area contributed by atoms with Crippen molar-refractivity contribution in [2.45, 2.75) is 31.5 Å². The van der Waals surface area contributed by atoms with Crippen LogP contribution in [0, 0.1) is 12.7 Å². The zero-order chi connectivity index (χ0) is 24.3. The van der Waals surface area contributed by atoms with Crippen LogP contribution in [0.25, 0.3) is 11.3 Å². The Labute approximate surface area is 194 Å². The van der Waals surface area contributed by atoms with Gasteiger partial charge in [-0.15, -0.1) is 8.78 Å². The van der Waals surface area contributed by atoms with Gasteiger partial charge in [-0.2, -0.15) is 0 Å². The fraction of sp³-hybridized carbons (Fsp3) is 0.208. The molecule has 0 unspecified atom stereocenters. The molecule has 1 aliphatic carbocycles. The number of amides is 1. The molecule has 1 aliphatic heterocycles. The molecule has 0 atom stereocenters. The van der Waals surface area contributed by atoms with Gasteiger partial charge in [0.05, 0.1) is 16.7 Å². The summed E-state index contributed by atoms with van der Waals surface area (Å²) in [5.41, 5.74) is 0.570. The van der Waals surface area contributed by atoms with E-state index in [-0.39, 0.29) is 26.1 Å². The van der Waals surface area contributed by atoms with E-state index in [9.17, 15) is 22.8 Å². The van der Waals surface area contributed by atoms with Crippen molar-refractivity contribution in [3.8, 4) is 22.8 Å². The van der Waals surface area contributed by atoms with Crippen LogP contribution in [-0.4, -0.2) is 28.3 Å². The zero-order valence-corrected chi connectivity index (χ0v) is 17.7. The van der Waals surface area contributed by atoms with Crippen molar-refractivity contribution in [3.63, 3.8) is 0 Å². The molecule has 2 N–H and O–H groups in total. The largest absolute Gasteiger partial charge is 0.586 e. The first kappa shape index (κ1) is 21.7. The summed E-state index contributed by atoms with van der Waals surface area (Å²) in [6, 6.07) is 11.2. The van der Waals surface area contributed by atoms with Crippen molar-refractivity contribution in [1.29, 1.82) is 0 Å². The Morgan fingerprint density at radius 2 is 1.79 bits per heavy atom. The van der Waals surface area contributed by atoms with Gasteiger partial charge >= 0.3 is 12.3 Å². The van der Waals surface area contributed by atoms with Crippen molar-refractivity contribution in [2.75, 3.05) is 5.32 Å². The zero-order valence-electron chi connectivity index (χ0n) is 17.7. The van der Waals surface area contributed by atoms with Gasteiger partial charge in [-0.25, -0.2) is 14.2 Å². The molecular formula is C24H21F3N2O5. The summed E-state index contributed by atoms with van der Waals surface area (Å²) in [5.74, 6) is -2.66. The Balaban J connectivity index is 0.00000180. The lowest BCUT2D eigenvalue weighted by atomic mass is 9.94. The van der Waals surface area contributed by atoms with Crippen molar-refractivity contribution < 1.29 is 40.2 Å². The Morgan fingerprint density at radius 1 is 1.06 bits per heavy atom. The molecule has 0 saturated heterocycles. The van der Waals surface area contributed by atoms with Gasteiger partial charge in [0.1, 0.15) is 11.6 Å². The van der Waals surface area contributed by atoms with Crippen LogP contribution in [-0.2, 0) is 10.2 Å². The quantitative estimate of drug-likeness (QED) is 0.516. The number of hydrogen-bond acceptors (Lipinski definition) is 5. The predicted molar refractivity (Wildman–Crippen MR) is 118 cm³/mol. The van der Waals surface area contributed by atoms with E-state index in [4.69, 9.17) is 5.11 Å². The minimum Gasteiger partial charge on any atom is -0.478 e. The van der Waals surface area contributed by atoms with Crippen molar-refractivity contribution >= 4 is 17.7 Å². The number of carboxylic acid groups (broad SMARTS) is 1. The lowest BCUT2D eigenvalue weighted by Crippen LogP contribution is -2.28. The average Bonchev–Trinajstić information content (AvgIpc) is 3.52. The highest BCUT2D eigenvalue weighted by Crippen LogP contribution is 2.52. The first-order chi connectivity index (χ1) is 16.1. The van der Waals surface area contributed by atoms with Gasteiger partial charge in [0.15, 0.2) is 11.5 Å². The van der Waals surface area contributed by atoms with E-state index in [1.54, 1.807) is 25.1 Å². The number of benzene rings is 2. The van der Waals surface area contributed by atoms with E-state index in [0.717, 1.165) is 12.1 Å². The smallest absolute Gasteiger partial charge is 0.478 e. The first-order valence-electron chi connectivity index (χ1n) is 10.3. The van der Waals surface area contributed by atoms with Gasteiger partial charge in [-0.05, 0) is 61.2 Å². The van der Waals surface area contributed by atoms with Crippen LogP contribution in [0.4, 0.5) is 19.0 Å². The molecule has 10 heteroatoms. The van der Waals surface area contributed by atoms with Gasteiger partial charge in [0, 0.05) is 8.42 Å². The van der Waals surface area contributed by atoms with Crippen LogP contribution in [0.1, 0.15) is 37.2 Å². The van der Waals surface area contributed by atoms with E-state index in [1.165, 1.54) is 18.2 Å². The number of fused-ring (bicyclic) bond motifs is 1. The molecule has 1 amide bonds. The monoisotopic (exact) mass is 474 g/mol. The maximum Gasteiger partial charge on any atom is 0.586 e. The number of rotatable bonds is 5. The van der Waals surface area contributed by atoms with E-state index < -0.39 is 29.1 Å². The molecule has 0 radical (unpaired) electrons. The minimum atomic E-state index is -3.75. The van der Waals surface area contributed by atoms with E-state index in [0.29, 0.717) is 35.2 Å². The van der Waals surface area contributed by atoms with E-state index in [2.05, 4.69) is 19.8 Å². The average molecular weight is 474 g/mol. The molecule has 178 valence electrons. The molecule has 2 aromatic carbocycles. The van der Waals surface area contributed by atoms with Gasteiger partial charge in [0.25, 0.3) is 0 Å². The number of pyridine rings is 1. The number of aromatic carboxylic acids is 1. The number of anilines is 1. The molecular weight excluding hydrogens is 453 g/mol. The molecule has 3 aromatic rings. The molecule has 1 saturated carbocycles. The molecule has 7 nitrogen and oxygen atoms in total. The fourth-order valence-corrected chi connectivity index (χ4v) is 3.98. The third-order valence-corrected chi connectivity index (χ3v) is 5.95. The Hall–Kier alpha value is -4.08. The summed E-state index contributed by atoms with van der Waals surface area (Å²) in [4.78, 5) is 28.6. The highest BCUT2D eigenvalue weighted by Gasteiger charge is 2.53. The standard InChI is InChI=1S/C24H17F3N2O5.2H2/c1-12-2-7-19(28-20(12)13-3-5-15(21(30)31)16(25)10-13)29-22(32)23(8-9-23)14-4-6-17-18(11-14)34-24(26,27)33-17;;/h2-7,10-11H,8-9H2,1H3,(H,30,31)(H,28,29,32);2*1H. The number of carbonyl (C=O) groups excluding carboxylic acids is 1. The summed E-state index contributed by atoms with van der Waals surface area (Å²) in [6.07, 6.45) is -2.73.